The van der Waals surface area contributed by atoms with Gasteiger partial charge >= 0.3 is 6.09 Å². The summed E-state index contributed by atoms with van der Waals surface area (Å²) in [5, 5.41) is 6.61. The van der Waals surface area contributed by atoms with Crippen LogP contribution in [-0.4, -0.2) is 46.7 Å². The zero-order valence-corrected chi connectivity index (χ0v) is 15.3. The molecule has 0 aliphatic carbocycles. The van der Waals surface area contributed by atoms with E-state index < -0.39 is 0 Å². The topological polar surface area (TPSA) is 79.4 Å². The van der Waals surface area contributed by atoms with E-state index in [0.717, 1.165) is 24.2 Å². The quantitative estimate of drug-likeness (QED) is 0.809. The number of likely N-dealkylation sites (tertiary alicyclic amines) is 1. The molecule has 1 fully saturated rings. The number of hydrogen-bond acceptors (Lipinski definition) is 6. The molecule has 0 spiro atoms. The minimum absolute atomic E-state index is 0.245. The van der Waals surface area contributed by atoms with E-state index in [0.29, 0.717) is 32.1 Å². The lowest BCUT2D eigenvalue weighted by Crippen LogP contribution is -2.42. The van der Waals surface area contributed by atoms with Crippen LogP contribution in [-0.2, 0) is 11.3 Å². The second-order valence-electron chi connectivity index (χ2n) is 6.37. The lowest BCUT2D eigenvalue weighted by Gasteiger charge is -2.31. The van der Waals surface area contributed by atoms with Crippen LogP contribution in [0.3, 0.4) is 0 Å². The average molecular weight is 373 g/mol. The SMILES string of the molecule is CCOC(=O)N1CCC(Nc2cc(NCc3ccc(F)cc3)ncn2)CC1. The highest BCUT2D eigenvalue weighted by Gasteiger charge is 2.23. The Kier molecular flexibility index (Phi) is 6.40. The minimum atomic E-state index is -0.249. The Hall–Kier alpha value is -2.90. The van der Waals surface area contributed by atoms with Gasteiger partial charge in [-0.3, -0.25) is 0 Å². The van der Waals surface area contributed by atoms with Gasteiger partial charge in [0.1, 0.15) is 23.8 Å². The number of ether oxygens (including phenoxy) is 1. The molecule has 1 aliphatic heterocycles. The van der Waals surface area contributed by atoms with Crippen molar-refractivity contribution >= 4 is 17.7 Å². The Morgan fingerprint density at radius 1 is 1.22 bits per heavy atom. The molecule has 2 heterocycles. The van der Waals surface area contributed by atoms with E-state index in [4.69, 9.17) is 4.74 Å². The van der Waals surface area contributed by atoms with E-state index in [2.05, 4.69) is 20.6 Å². The third-order valence-electron chi connectivity index (χ3n) is 4.43. The molecule has 3 rings (SSSR count). The first-order valence-electron chi connectivity index (χ1n) is 9.12. The van der Waals surface area contributed by atoms with E-state index in [1.165, 1.54) is 18.5 Å². The largest absolute Gasteiger partial charge is 0.450 e. The molecule has 0 unspecified atom stereocenters. The highest BCUT2D eigenvalue weighted by Crippen LogP contribution is 2.17. The van der Waals surface area contributed by atoms with Gasteiger partial charge in [0.25, 0.3) is 0 Å². The monoisotopic (exact) mass is 373 g/mol. The minimum Gasteiger partial charge on any atom is -0.450 e. The molecule has 0 saturated carbocycles. The number of hydrogen-bond donors (Lipinski definition) is 2. The Morgan fingerprint density at radius 3 is 2.63 bits per heavy atom. The van der Waals surface area contributed by atoms with E-state index in [-0.39, 0.29) is 18.0 Å². The molecule has 1 saturated heterocycles. The van der Waals surface area contributed by atoms with Crippen LogP contribution in [0.1, 0.15) is 25.3 Å². The van der Waals surface area contributed by atoms with Crippen LogP contribution in [0.25, 0.3) is 0 Å². The number of rotatable bonds is 6. The number of halogens is 1. The fraction of sp³-hybridized carbons (Fsp3) is 0.421. The molecule has 0 bridgehead atoms. The number of nitrogens with zero attached hydrogens (tertiary/aromatic N) is 3. The molecule has 2 aromatic rings. The van der Waals surface area contributed by atoms with Crippen molar-refractivity contribution in [2.75, 3.05) is 30.3 Å². The number of aromatic nitrogens is 2. The molecule has 7 nitrogen and oxygen atoms in total. The maximum absolute atomic E-state index is 13.0. The summed E-state index contributed by atoms with van der Waals surface area (Å²) in [5.74, 6) is 1.18. The number of piperidine rings is 1. The molecule has 2 N–H and O–H groups in total. The molecule has 1 aromatic heterocycles. The van der Waals surface area contributed by atoms with Gasteiger partial charge in [-0.1, -0.05) is 12.1 Å². The first kappa shape index (κ1) is 18.9. The van der Waals surface area contributed by atoms with Gasteiger partial charge in [0.15, 0.2) is 0 Å². The van der Waals surface area contributed by atoms with Crippen LogP contribution in [0.15, 0.2) is 36.7 Å². The van der Waals surface area contributed by atoms with Gasteiger partial charge in [0, 0.05) is 31.7 Å². The predicted octanol–water partition coefficient (Wildman–Crippen LogP) is 3.26. The first-order valence-corrected chi connectivity index (χ1v) is 9.12. The van der Waals surface area contributed by atoms with Crippen molar-refractivity contribution in [2.45, 2.75) is 32.4 Å². The second kappa shape index (κ2) is 9.16. The zero-order valence-electron chi connectivity index (χ0n) is 15.3. The van der Waals surface area contributed by atoms with Crippen molar-refractivity contribution in [3.8, 4) is 0 Å². The summed E-state index contributed by atoms with van der Waals surface area (Å²) in [6.07, 6.45) is 2.93. The lowest BCUT2D eigenvalue weighted by molar-refractivity contribution is 0.0983. The fourth-order valence-electron chi connectivity index (χ4n) is 2.96. The van der Waals surface area contributed by atoms with E-state index >= 15 is 0 Å². The molecule has 1 aliphatic rings. The van der Waals surface area contributed by atoms with Crippen LogP contribution in [0, 0.1) is 5.82 Å². The molecule has 1 amide bonds. The molecular formula is C19H24FN5O2. The van der Waals surface area contributed by atoms with Crippen LogP contribution < -0.4 is 10.6 Å². The van der Waals surface area contributed by atoms with Crippen LogP contribution >= 0.6 is 0 Å². The number of carbonyl (C=O) groups excluding carboxylic acids is 1. The van der Waals surface area contributed by atoms with Crippen LogP contribution in [0.5, 0.6) is 0 Å². The van der Waals surface area contributed by atoms with Gasteiger partial charge in [-0.25, -0.2) is 19.2 Å². The van der Waals surface area contributed by atoms with Crippen molar-refractivity contribution in [3.05, 3.63) is 48.0 Å². The molecule has 8 heteroatoms. The molecule has 0 atom stereocenters. The normalized spacial score (nSPS) is 14.7. The maximum atomic E-state index is 13.0. The summed E-state index contributed by atoms with van der Waals surface area (Å²) in [5.41, 5.74) is 0.968. The molecule has 0 radical (unpaired) electrons. The van der Waals surface area contributed by atoms with Gasteiger partial charge < -0.3 is 20.3 Å². The molecule has 144 valence electrons. The highest BCUT2D eigenvalue weighted by atomic mass is 19.1. The summed E-state index contributed by atoms with van der Waals surface area (Å²) in [6.45, 7) is 4.08. The second-order valence-corrected chi connectivity index (χ2v) is 6.37. The Labute approximate surface area is 158 Å². The van der Waals surface area contributed by atoms with E-state index in [9.17, 15) is 9.18 Å². The third kappa shape index (κ3) is 5.54. The van der Waals surface area contributed by atoms with Gasteiger partial charge in [0.2, 0.25) is 0 Å². The zero-order chi connectivity index (χ0) is 19.1. The van der Waals surface area contributed by atoms with Gasteiger partial charge in [0.05, 0.1) is 6.61 Å². The summed E-state index contributed by atoms with van der Waals surface area (Å²) in [4.78, 5) is 22.0. The van der Waals surface area contributed by atoms with Crippen molar-refractivity contribution in [3.63, 3.8) is 0 Å². The van der Waals surface area contributed by atoms with Crippen molar-refractivity contribution < 1.29 is 13.9 Å². The lowest BCUT2D eigenvalue weighted by atomic mass is 10.1. The number of benzene rings is 1. The number of nitrogens with one attached hydrogen (secondary N) is 2. The van der Waals surface area contributed by atoms with Crippen LogP contribution in [0.2, 0.25) is 0 Å². The Balaban J connectivity index is 1.49. The molecule has 1 aromatic carbocycles. The number of anilines is 2. The fourth-order valence-corrected chi connectivity index (χ4v) is 2.96. The average Bonchev–Trinajstić information content (AvgIpc) is 2.69. The van der Waals surface area contributed by atoms with Crippen LogP contribution in [0.4, 0.5) is 20.8 Å². The van der Waals surface area contributed by atoms with Gasteiger partial charge in [-0.2, -0.15) is 0 Å². The van der Waals surface area contributed by atoms with Crippen molar-refractivity contribution in [1.29, 1.82) is 0 Å². The van der Waals surface area contributed by atoms with Gasteiger partial charge in [-0.05, 0) is 37.5 Å². The maximum Gasteiger partial charge on any atom is 0.409 e. The number of carbonyl (C=O) groups is 1. The smallest absolute Gasteiger partial charge is 0.409 e. The summed E-state index contributed by atoms with van der Waals surface area (Å²) >= 11 is 0. The summed E-state index contributed by atoms with van der Waals surface area (Å²) < 4.78 is 18.0. The predicted molar refractivity (Wildman–Crippen MR) is 101 cm³/mol. The Bertz CT molecular complexity index is 748. The standard InChI is InChI=1S/C19H24FN5O2/c1-2-27-19(26)25-9-7-16(8-10-25)24-18-11-17(22-13-23-18)21-12-14-3-5-15(20)6-4-14/h3-6,11,13,16H,2,7-10,12H2,1H3,(H2,21,22,23,24). The molecular weight excluding hydrogens is 349 g/mol. The Morgan fingerprint density at radius 2 is 1.93 bits per heavy atom. The highest BCUT2D eigenvalue weighted by molar-refractivity contribution is 5.67. The number of amides is 1. The van der Waals surface area contributed by atoms with Crippen molar-refractivity contribution in [2.24, 2.45) is 0 Å². The molecule has 27 heavy (non-hydrogen) atoms. The first-order chi connectivity index (χ1) is 13.1. The van der Waals surface area contributed by atoms with E-state index in [1.807, 2.05) is 13.0 Å². The van der Waals surface area contributed by atoms with Crippen molar-refractivity contribution in [1.82, 2.24) is 14.9 Å². The third-order valence-corrected chi connectivity index (χ3v) is 4.43. The summed E-state index contributed by atoms with van der Waals surface area (Å²) in [7, 11) is 0. The van der Waals surface area contributed by atoms with Gasteiger partial charge in [-0.15, -0.1) is 0 Å². The summed E-state index contributed by atoms with van der Waals surface area (Å²) in [6, 6.07) is 8.44. The van der Waals surface area contributed by atoms with E-state index in [1.54, 1.807) is 17.0 Å².